The smallest absolute Gasteiger partial charge is 0.226 e. The Morgan fingerprint density at radius 3 is 2.84 bits per heavy atom. The van der Waals surface area contributed by atoms with E-state index in [-0.39, 0.29) is 5.91 Å². The molecule has 0 fully saturated rings. The molecule has 0 atom stereocenters. The number of nitrogens with one attached hydrogen (secondary N) is 1. The minimum absolute atomic E-state index is 0.0446. The second kappa shape index (κ2) is 7.97. The molecule has 4 nitrogen and oxygen atoms in total. The summed E-state index contributed by atoms with van der Waals surface area (Å²) < 4.78 is 6.55. The van der Waals surface area contributed by atoms with E-state index >= 15 is 0 Å². The molecule has 3 aromatic rings. The molecule has 130 valence electrons. The molecule has 3 rings (SSSR count). The average molecular weight is 419 g/mol. The van der Waals surface area contributed by atoms with Crippen molar-refractivity contribution >= 4 is 38.3 Å². The zero-order valence-corrected chi connectivity index (χ0v) is 16.5. The number of rotatable bonds is 6. The summed E-state index contributed by atoms with van der Waals surface area (Å²) in [7, 11) is 0. The van der Waals surface area contributed by atoms with Gasteiger partial charge in [-0.3, -0.25) is 4.79 Å². The van der Waals surface area contributed by atoms with Crippen LogP contribution in [0.25, 0.3) is 0 Å². The van der Waals surface area contributed by atoms with Gasteiger partial charge in [-0.15, -0.1) is 11.3 Å². The highest BCUT2D eigenvalue weighted by molar-refractivity contribution is 9.10. The van der Waals surface area contributed by atoms with E-state index in [1.807, 2.05) is 38.1 Å². The molecule has 1 N–H and O–H groups in total. The van der Waals surface area contributed by atoms with Gasteiger partial charge in [0, 0.05) is 28.6 Å². The molecule has 0 aliphatic carbocycles. The fourth-order valence-corrected chi connectivity index (χ4v) is 3.98. The lowest BCUT2D eigenvalue weighted by atomic mass is 10.1. The SMILES string of the molecule is Cc1ccc(CCC(=O)Nc2nc(C)c(Cc3cccc(Br)c3)s2)o1. The fraction of sp³-hybridized carbons (Fsp3) is 0.263. The van der Waals surface area contributed by atoms with Gasteiger partial charge in [0.2, 0.25) is 5.91 Å². The van der Waals surface area contributed by atoms with Gasteiger partial charge in [0.25, 0.3) is 0 Å². The van der Waals surface area contributed by atoms with Crippen LogP contribution in [0.4, 0.5) is 5.13 Å². The summed E-state index contributed by atoms with van der Waals surface area (Å²) >= 11 is 5.03. The monoisotopic (exact) mass is 418 g/mol. The summed E-state index contributed by atoms with van der Waals surface area (Å²) in [5, 5.41) is 3.55. The lowest BCUT2D eigenvalue weighted by molar-refractivity contribution is -0.116. The van der Waals surface area contributed by atoms with Crippen molar-refractivity contribution in [2.75, 3.05) is 5.32 Å². The van der Waals surface area contributed by atoms with Crippen LogP contribution in [0.5, 0.6) is 0 Å². The number of anilines is 1. The topological polar surface area (TPSA) is 55.1 Å². The number of benzene rings is 1. The number of aryl methyl sites for hydroxylation is 3. The number of carbonyl (C=O) groups is 1. The van der Waals surface area contributed by atoms with E-state index in [1.54, 1.807) is 0 Å². The molecule has 0 aliphatic rings. The normalized spacial score (nSPS) is 10.8. The Kier molecular flexibility index (Phi) is 5.71. The summed E-state index contributed by atoms with van der Waals surface area (Å²) in [5.74, 6) is 1.65. The van der Waals surface area contributed by atoms with E-state index in [0.717, 1.165) is 33.0 Å². The molecular weight excluding hydrogens is 400 g/mol. The molecule has 0 radical (unpaired) electrons. The molecule has 2 heterocycles. The summed E-state index contributed by atoms with van der Waals surface area (Å²) in [5.41, 5.74) is 2.18. The average Bonchev–Trinajstić information content (AvgIpc) is 3.11. The maximum absolute atomic E-state index is 12.1. The number of amides is 1. The van der Waals surface area contributed by atoms with Gasteiger partial charge >= 0.3 is 0 Å². The van der Waals surface area contributed by atoms with Gasteiger partial charge in [-0.2, -0.15) is 0 Å². The molecule has 2 aromatic heterocycles. The molecule has 0 unspecified atom stereocenters. The number of carbonyl (C=O) groups excluding carboxylic acids is 1. The molecular formula is C19H19BrN2O2S. The Bertz CT molecular complexity index is 885. The number of aromatic nitrogens is 1. The fourth-order valence-electron chi connectivity index (χ4n) is 2.52. The number of nitrogens with zero attached hydrogens (tertiary/aromatic N) is 1. The largest absolute Gasteiger partial charge is 0.466 e. The minimum Gasteiger partial charge on any atom is -0.466 e. The second-order valence-corrected chi connectivity index (χ2v) is 7.89. The van der Waals surface area contributed by atoms with E-state index in [0.29, 0.717) is 18.0 Å². The maximum Gasteiger partial charge on any atom is 0.226 e. The Labute approximate surface area is 159 Å². The van der Waals surface area contributed by atoms with Gasteiger partial charge in [-0.25, -0.2) is 4.98 Å². The third-order valence-electron chi connectivity index (χ3n) is 3.79. The number of hydrogen-bond acceptors (Lipinski definition) is 4. The van der Waals surface area contributed by atoms with Crippen LogP contribution >= 0.6 is 27.3 Å². The lowest BCUT2D eigenvalue weighted by Crippen LogP contribution is -2.11. The first kappa shape index (κ1) is 17.9. The zero-order valence-electron chi connectivity index (χ0n) is 14.1. The van der Waals surface area contributed by atoms with Crippen molar-refractivity contribution < 1.29 is 9.21 Å². The predicted molar refractivity (Wildman–Crippen MR) is 104 cm³/mol. The van der Waals surface area contributed by atoms with Gasteiger partial charge < -0.3 is 9.73 Å². The molecule has 0 bridgehead atoms. The van der Waals surface area contributed by atoms with Gasteiger partial charge in [0.15, 0.2) is 5.13 Å². The summed E-state index contributed by atoms with van der Waals surface area (Å²) in [6.45, 7) is 3.87. The van der Waals surface area contributed by atoms with Gasteiger partial charge in [0.1, 0.15) is 11.5 Å². The third-order valence-corrected chi connectivity index (χ3v) is 5.35. The van der Waals surface area contributed by atoms with Crippen LogP contribution in [0.2, 0.25) is 0 Å². The highest BCUT2D eigenvalue weighted by Gasteiger charge is 2.12. The van der Waals surface area contributed by atoms with E-state index in [9.17, 15) is 4.79 Å². The van der Waals surface area contributed by atoms with E-state index in [1.165, 1.54) is 16.9 Å². The zero-order chi connectivity index (χ0) is 17.8. The maximum atomic E-state index is 12.1. The molecule has 6 heteroatoms. The third kappa shape index (κ3) is 5.03. The van der Waals surface area contributed by atoms with E-state index in [4.69, 9.17) is 4.42 Å². The van der Waals surface area contributed by atoms with Crippen molar-refractivity contribution in [1.82, 2.24) is 4.98 Å². The van der Waals surface area contributed by atoms with Crippen molar-refractivity contribution in [3.8, 4) is 0 Å². The van der Waals surface area contributed by atoms with Crippen LogP contribution in [0, 0.1) is 13.8 Å². The van der Waals surface area contributed by atoms with Gasteiger partial charge in [-0.1, -0.05) is 28.1 Å². The Balaban J connectivity index is 1.58. The van der Waals surface area contributed by atoms with Crippen LogP contribution in [0.3, 0.4) is 0 Å². The Hall–Kier alpha value is -1.92. The number of halogens is 1. The highest BCUT2D eigenvalue weighted by atomic mass is 79.9. The van der Waals surface area contributed by atoms with Crippen molar-refractivity contribution in [3.05, 3.63) is 68.5 Å². The number of furan rings is 1. The molecule has 0 spiro atoms. The Morgan fingerprint density at radius 1 is 1.28 bits per heavy atom. The molecule has 25 heavy (non-hydrogen) atoms. The van der Waals surface area contributed by atoms with Crippen LogP contribution in [0.1, 0.15) is 34.1 Å². The quantitative estimate of drug-likeness (QED) is 0.592. The molecule has 0 saturated carbocycles. The minimum atomic E-state index is -0.0446. The van der Waals surface area contributed by atoms with Crippen molar-refractivity contribution in [2.24, 2.45) is 0 Å². The Morgan fingerprint density at radius 2 is 2.12 bits per heavy atom. The van der Waals surface area contributed by atoms with E-state index < -0.39 is 0 Å². The van der Waals surface area contributed by atoms with Gasteiger partial charge in [0.05, 0.1) is 5.69 Å². The first-order valence-electron chi connectivity index (χ1n) is 8.05. The molecule has 1 amide bonds. The van der Waals surface area contributed by atoms with E-state index in [2.05, 4.69) is 38.4 Å². The van der Waals surface area contributed by atoms with Crippen molar-refractivity contribution in [3.63, 3.8) is 0 Å². The molecule has 1 aromatic carbocycles. The number of thiazole rings is 1. The molecule has 0 saturated heterocycles. The van der Waals surface area contributed by atoms with Crippen LogP contribution < -0.4 is 5.32 Å². The summed E-state index contributed by atoms with van der Waals surface area (Å²) in [4.78, 5) is 17.8. The molecule has 0 aliphatic heterocycles. The summed E-state index contributed by atoms with van der Waals surface area (Å²) in [6, 6.07) is 12.0. The number of hydrogen-bond donors (Lipinski definition) is 1. The predicted octanol–water partition coefficient (Wildman–Crippen LogP) is 5.28. The second-order valence-electron chi connectivity index (χ2n) is 5.89. The van der Waals surface area contributed by atoms with Crippen molar-refractivity contribution in [1.29, 1.82) is 0 Å². The van der Waals surface area contributed by atoms with Crippen LogP contribution in [0.15, 0.2) is 45.3 Å². The van der Waals surface area contributed by atoms with Gasteiger partial charge in [-0.05, 0) is 43.7 Å². The van der Waals surface area contributed by atoms with Crippen molar-refractivity contribution in [2.45, 2.75) is 33.1 Å². The lowest BCUT2D eigenvalue weighted by Gasteiger charge is -2.01. The summed E-state index contributed by atoms with van der Waals surface area (Å²) in [6.07, 6.45) is 1.78. The standard InChI is InChI=1S/C19H19BrN2O2S/c1-12-6-7-16(24-12)8-9-18(23)22-19-21-13(2)17(25-19)11-14-4-3-5-15(20)10-14/h3-7,10H,8-9,11H2,1-2H3,(H,21,22,23). The first-order chi connectivity index (χ1) is 12.0. The van der Waals surface area contributed by atoms with Crippen LogP contribution in [-0.4, -0.2) is 10.9 Å². The highest BCUT2D eigenvalue weighted by Crippen LogP contribution is 2.26. The first-order valence-corrected chi connectivity index (χ1v) is 9.66. The van der Waals surface area contributed by atoms with Crippen LogP contribution in [-0.2, 0) is 17.6 Å².